The van der Waals surface area contributed by atoms with Crippen molar-refractivity contribution in [1.29, 1.82) is 0 Å². The normalized spacial score (nSPS) is 15.1. The molecule has 0 spiro atoms. The van der Waals surface area contributed by atoms with E-state index in [2.05, 4.69) is 36.4 Å². The molecule has 0 unspecified atom stereocenters. The molecule has 4 rings (SSSR count). The molecule has 1 aromatic heterocycles. The Balaban J connectivity index is 1.63. The third-order valence-corrected chi connectivity index (χ3v) is 5.67. The summed E-state index contributed by atoms with van der Waals surface area (Å²) in [5.41, 5.74) is 8.74. The SMILES string of the molecule is CC(C)(C)Nc1cc(-c2ccccc2)nc(Nc2ccc(C3(C(N)=O)CCC3)cc2)n1. The number of nitrogens with one attached hydrogen (secondary N) is 2. The number of nitrogens with two attached hydrogens (primary N) is 1. The second-order valence-electron chi connectivity index (χ2n) is 9.21. The highest BCUT2D eigenvalue weighted by molar-refractivity contribution is 5.88. The van der Waals surface area contributed by atoms with Crippen molar-refractivity contribution in [1.82, 2.24) is 9.97 Å². The molecule has 0 bridgehead atoms. The Kier molecular flexibility index (Phi) is 5.39. The predicted molar refractivity (Wildman–Crippen MR) is 125 cm³/mol. The van der Waals surface area contributed by atoms with Crippen molar-refractivity contribution >= 4 is 23.4 Å². The van der Waals surface area contributed by atoms with E-state index in [1.54, 1.807) is 0 Å². The lowest BCUT2D eigenvalue weighted by molar-refractivity contribution is -0.126. The van der Waals surface area contributed by atoms with Gasteiger partial charge in [0.2, 0.25) is 11.9 Å². The molecule has 0 aliphatic heterocycles. The van der Waals surface area contributed by atoms with Crippen LogP contribution in [0.4, 0.5) is 17.5 Å². The third kappa shape index (κ3) is 4.53. The van der Waals surface area contributed by atoms with Crippen LogP contribution in [0.25, 0.3) is 11.3 Å². The van der Waals surface area contributed by atoms with Gasteiger partial charge < -0.3 is 16.4 Å². The summed E-state index contributed by atoms with van der Waals surface area (Å²) in [5.74, 6) is 1.02. The lowest BCUT2D eigenvalue weighted by atomic mass is 9.64. The summed E-state index contributed by atoms with van der Waals surface area (Å²) < 4.78 is 0. The van der Waals surface area contributed by atoms with Gasteiger partial charge in [-0.25, -0.2) is 4.98 Å². The molecule has 1 saturated carbocycles. The molecule has 3 aromatic rings. The van der Waals surface area contributed by atoms with E-state index < -0.39 is 5.41 Å². The Morgan fingerprint density at radius 1 is 1.00 bits per heavy atom. The van der Waals surface area contributed by atoms with Crippen molar-refractivity contribution in [3.05, 3.63) is 66.2 Å². The van der Waals surface area contributed by atoms with Gasteiger partial charge in [-0.15, -0.1) is 0 Å². The predicted octanol–water partition coefficient (Wildman–Crippen LogP) is 5.00. The molecule has 160 valence electrons. The third-order valence-electron chi connectivity index (χ3n) is 5.67. The molecule has 4 N–H and O–H groups in total. The number of hydrogen-bond acceptors (Lipinski definition) is 5. The maximum absolute atomic E-state index is 12.0. The first kappa shape index (κ1) is 20.8. The number of rotatable bonds is 6. The lowest BCUT2D eigenvalue weighted by Crippen LogP contribution is -2.46. The van der Waals surface area contributed by atoms with E-state index in [9.17, 15) is 4.79 Å². The average Bonchev–Trinajstić information content (AvgIpc) is 2.67. The van der Waals surface area contributed by atoms with Gasteiger partial charge in [0, 0.05) is 22.9 Å². The monoisotopic (exact) mass is 415 g/mol. The first-order valence-corrected chi connectivity index (χ1v) is 10.7. The maximum atomic E-state index is 12.0. The number of aromatic nitrogens is 2. The van der Waals surface area contributed by atoms with E-state index in [0.29, 0.717) is 5.95 Å². The zero-order valence-corrected chi connectivity index (χ0v) is 18.3. The fraction of sp³-hybridized carbons (Fsp3) is 0.320. The van der Waals surface area contributed by atoms with E-state index >= 15 is 0 Å². The summed E-state index contributed by atoms with van der Waals surface area (Å²) in [6, 6.07) is 19.9. The van der Waals surface area contributed by atoms with Gasteiger partial charge in [0.05, 0.1) is 11.1 Å². The van der Waals surface area contributed by atoms with Gasteiger partial charge >= 0.3 is 0 Å². The maximum Gasteiger partial charge on any atom is 0.229 e. The van der Waals surface area contributed by atoms with Gasteiger partial charge in [-0.3, -0.25) is 4.79 Å². The van der Waals surface area contributed by atoms with Gasteiger partial charge in [-0.05, 0) is 51.3 Å². The van der Waals surface area contributed by atoms with E-state index in [4.69, 9.17) is 10.7 Å². The number of carbonyl (C=O) groups is 1. The van der Waals surface area contributed by atoms with Gasteiger partial charge in [0.1, 0.15) is 5.82 Å². The zero-order chi connectivity index (χ0) is 22.1. The van der Waals surface area contributed by atoms with E-state index in [0.717, 1.165) is 47.6 Å². The van der Waals surface area contributed by atoms with Gasteiger partial charge in [0.15, 0.2) is 0 Å². The van der Waals surface area contributed by atoms with Crippen LogP contribution in [0.3, 0.4) is 0 Å². The minimum absolute atomic E-state index is 0.132. The van der Waals surface area contributed by atoms with Crippen LogP contribution in [0.5, 0.6) is 0 Å². The summed E-state index contributed by atoms with van der Waals surface area (Å²) >= 11 is 0. The summed E-state index contributed by atoms with van der Waals surface area (Å²) in [6.45, 7) is 6.29. The van der Waals surface area contributed by atoms with Crippen molar-refractivity contribution in [2.75, 3.05) is 10.6 Å². The van der Waals surface area contributed by atoms with Crippen LogP contribution < -0.4 is 16.4 Å². The molecule has 1 fully saturated rings. The summed E-state index contributed by atoms with van der Waals surface area (Å²) in [5, 5.41) is 6.74. The molecule has 2 aromatic carbocycles. The van der Waals surface area contributed by atoms with Crippen molar-refractivity contribution in [2.24, 2.45) is 5.73 Å². The van der Waals surface area contributed by atoms with Gasteiger partial charge in [-0.2, -0.15) is 4.98 Å². The van der Waals surface area contributed by atoms with E-state index in [1.807, 2.05) is 60.7 Å². The summed E-state index contributed by atoms with van der Waals surface area (Å²) in [4.78, 5) is 21.4. The van der Waals surface area contributed by atoms with Crippen LogP contribution in [-0.4, -0.2) is 21.4 Å². The molecule has 1 amide bonds. The highest BCUT2D eigenvalue weighted by Gasteiger charge is 2.44. The van der Waals surface area contributed by atoms with Crippen molar-refractivity contribution < 1.29 is 4.79 Å². The summed E-state index contributed by atoms with van der Waals surface area (Å²) in [7, 11) is 0. The second kappa shape index (κ2) is 8.02. The average molecular weight is 416 g/mol. The highest BCUT2D eigenvalue weighted by atomic mass is 16.1. The fourth-order valence-electron chi connectivity index (χ4n) is 3.92. The first-order valence-electron chi connectivity index (χ1n) is 10.7. The number of primary amides is 1. The molecule has 1 heterocycles. The Labute approximate surface area is 183 Å². The minimum atomic E-state index is -0.508. The van der Waals surface area contributed by atoms with Crippen molar-refractivity contribution in [2.45, 2.75) is 51.0 Å². The van der Waals surface area contributed by atoms with Crippen LogP contribution in [-0.2, 0) is 10.2 Å². The Morgan fingerprint density at radius 2 is 1.68 bits per heavy atom. The van der Waals surface area contributed by atoms with Crippen LogP contribution in [0.1, 0.15) is 45.6 Å². The molecule has 6 nitrogen and oxygen atoms in total. The number of nitrogens with zero attached hydrogens (tertiary/aromatic N) is 2. The number of benzene rings is 2. The van der Waals surface area contributed by atoms with E-state index in [1.165, 1.54) is 0 Å². The lowest BCUT2D eigenvalue weighted by Gasteiger charge is -2.39. The highest BCUT2D eigenvalue weighted by Crippen LogP contribution is 2.43. The van der Waals surface area contributed by atoms with Crippen molar-refractivity contribution in [3.8, 4) is 11.3 Å². The molecule has 0 radical (unpaired) electrons. The number of hydrogen-bond donors (Lipinski definition) is 3. The van der Waals surface area contributed by atoms with Crippen LogP contribution in [0.2, 0.25) is 0 Å². The topological polar surface area (TPSA) is 92.9 Å². The zero-order valence-electron chi connectivity index (χ0n) is 18.3. The molecule has 1 aliphatic rings. The molecule has 31 heavy (non-hydrogen) atoms. The largest absolute Gasteiger partial charge is 0.369 e. The smallest absolute Gasteiger partial charge is 0.229 e. The number of carbonyl (C=O) groups excluding carboxylic acids is 1. The number of anilines is 3. The van der Waals surface area contributed by atoms with Crippen LogP contribution in [0.15, 0.2) is 60.7 Å². The molecular weight excluding hydrogens is 386 g/mol. The summed E-state index contributed by atoms with van der Waals surface area (Å²) in [6.07, 6.45) is 2.67. The molecule has 6 heteroatoms. The quantitative estimate of drug-likeness (QED) is 0.526. The Morgan fingerprint density at radius 3 is 2.23 bits per heavy atom. The molecular formula is C25H29N5O. The standard InChI is InChI=1S/C25H29N5O/c1-24(2,3)30-21-16-20(17-8-5-4-6-9-17)28-23(29-21)27-19-12-10-18(11-13-19)25(22(26)31)14-7-15-25/h4-6,8-13,16H,7,14-15H2,1-3H3,(H2,26,31)(H2,27,28,29,30). The molecule has 0 saturated heterocycles. The Hall–Kier alpha value is -3.41. The molecule has 1 aliphatic carbocycles. The molecule has 0 atom stereocenters. The minimum Gasteiger partial charge on any atom is -0.369 e. The van der Waals surface area contributed by atoms with Crippen molar-refractivity contribution in [3.63, 3.8) is 0 Å². The van der Waals surface area contributed by atoms with E-state index in [-0.39, 0.29) is 11.4 Å². The van der Waals surface area contributed by atoms with Gasteiger partial charge in [-0.1, -0.05) is 48.9 Å². The Bertz CT molecular complexity index is 1070. The van der Waals surface area contributed by atoms with Gasteiger partial charge in [0.25, 0.3) is 0 Å². The second-order valence-corrected chi connectivity index (χ2v) is 9.21. The fourth-order valence-corrected chi connectivity index (χ4v) is 3.92. The van der Waals surface area contributed by atoms with Crippen LogP contribution in [0, 0.1) is 0 Å². The number of amides is 1. The van der Waals surface area contributed by atoms with Crippen LogP contribution >= 0.6 is 0 Å². The first-order chi connectivity index (χ1) is 14.7.